The summed E-state index contributed by atoms with van der Waals surface area (Å²) in [5.41, 5.74) is 1.36. The summed E-state index contributed by atoms with van der Waals surface area (Å²) < 4.78 is 0. The minimum absolute atomic E-state index is 0.416. The molecular formula is C13H17N. The molecule has 1 N–H and O–H groups in total. The average Bonchev–Trinajstić information content (AvgIpc) is 2.30. The van der Waals surface area contributed by atoms with Crippen LogP contribution in [0.2, 0.25) is 0 Å². The van der Waals surface area contributed by atoms with Crippen LogP contribution in [0, 0.1) is 5.92 Å². The molecule has 1 aromatic rings. The van der Waals surface area contributed by atoms with Gasteiger partial charge in [0, 0.05) is 6.54 Å². The minimum atomic E-state index is 0.416. The van der Waals surface area contributed by atoms with Crippen molar-refractivity contribution in [2.45, 2.75) is 19.4 Å². The van der Waals surface area contributed by atoms with E-state index in [9.17, 15) is 0 Å². The quantitative estimate of drug-likeness (QED) is 0.702. The first-order valence-electron chi connectivity index (χ1n) is 5.37. The monoisotopic (exact) mass is 187 g/mol. The van der Waals surface area contributed by atoms with Crippen molar-refractivity contribution >= 4 is 0 Å². The Bertz CT molecular complexity index is 302. The van der Waals surface area contributed by atoms with Gasteiger partial charge in [-0.15, -0.1) is 0 Å². The minimum Gasteiger partial charge on any atom is -0.306 e. The van der Waals surface area contributed by atoms with Gasteiger partial charge in [0.25, 0.3) is 0 Å². The van der Waals surface area contributed by atoms with Crippen molar-refractivity contribution in [2.75, 3.05) is 6.54 Å². The molecule has 1 aliphatic heterocycles. The molecular weight excluding hydrogens is 170 g/mol. The third kappa shape index (κ3) is 2.05. The summed E-state index contributed by atoms with van der Waals surface area (Å²) >= 11 is 0. The van der Waals surface area contributed by atoms with Gasteiger partial charge in [0.1, 0.15) is 0 Å². The van der Waals surface area contributed by atoms with Crippen LogP contribution in [0.5, 0.6) is 0 Å². The van der Waals surface area contributed by atoms with Gasteiger partial charge in [0.05, 0.1) is 6.04 Å². The Labute approximate surface area is 85.8 Å². The van der Waals surface area contributed by atoms with Crippen molar-refractivity contribution in [2.24, 2.45) is 5.92 Å². The van der Waals surface area contributed by atoms with Crippen LogP contribution in [-0.2, 0) is 0 Å². The molecule has 2 unspecified atom stereocenters. The second kappa shape index (κ2) is 4.43. The van der Waals surface area contributed by atoms with E-state index in [1.807, 2.05) is 0 Å². The lowest BCUT2D eigenvalue weighted by molar-refractivity contribution is 0.486. The topological polar surface area (TPSA) is 12.0 Å². The van der Waals surface area contributed by atoms with Gasteiger partial charge >= 0.3 is 0 Å². The second-order valence-electron chi connectivity index (χ2n) is 3.85. The van der Waals surface area contributed by atoms with Crippen molar-refractivity contribution in [3.8, 4) is 0 Å². The predicted octanol–water partition coefficient (Wildman–Crippen LogP) is 2.91. The highest BCUT2D eigenvalue weighted by Gasteiger charge is 2.14. The van der Waals surface area contributed by atoms with Crippen LogP contribution in [0.25, 0.3) is 0 Å². The van der Waals surface area contributed by atoms with Gasteiger partial charge < -0.3 is 5.32 Å². The van der Waals surface area contributed by atoms with Gasteiger partial charge in [-0.3, -0.25) is 0 Å². The van der Waals surface area contributed by atoms with E-state index in [1.54, 1.807) is 0 Å². The van der Waals surface area contributed by atoms with E-state index in [0.29, 0.717) is 6.04 Å². The summed E-state index contributed by atoms with van der Waals surface area (Å²) in [7, 11) is 0. The van der Waals surface area contributed by atoms with Crippen LogP contribution < -0.4 is 5.32 Å². The first-order valence-corrected chi connectivity index (χ1v) is 5.37. The van der Waals surface area contributed by atoms with E-state index >= 15 is 0 Å². The highest BCUT2D eigenvalue weighted by molar-refractivity contribution is 5.24. The number of benzene rings is 1. The Morgan fingerprint density at radius 2 is 2.00 bits per heavy atom. The highest BCUT2D eigenvalue weighted by atomic mass is 14.9. The predicted molar refractivity (Wildman–Crippen MR) is 60.1 cm³/mol. The Kier molecular flexibility index (Phi) is 3.00. The van der Waals surface area contributed by atoms with Crippen molar-refractivity contribution < 1.29 is 0 Å². The zero-order valence-corrected chi connectivity index (χ0v) is 8.61. The van der Waals surface area contributed by atoms with Crippen LogP contribution in [0.1, 0.15) is 24.9 Å². The molecule has 0 spiro atoms. The van der Waals surface area contributed by atoms with E-state index in [4.69, 9.17) is 0 Å². The molecule has 0 amide bonds. The number of hydrogen-bond acceptors (Lipinski definition) is 1. The van der Waals surface area contributed by atoms with Crippen LogP contribution in [-0.4, -0.2) is 6.54 Å². The zero-order chi connectivity index (χ0) is 9.80. The zero-order valence-electron chi connectivity index (χ0n) is 8.61. The molecule has 1 nitrogen and oxygen atoms in total. The van der Waals surface area contributed by atoms with Crippen LogP contribution >= 0.6 is 0 Å². The largest absolute Gasteiger partial charge is 0.306 e. The second-order valence-corrected chi connectivity index (χ2v) is 3.85. The Morgan fingerprint density at radius 3 is 2.57 bits per heavy atom. The van der Waals surface area contributed by atoms with E-state index in [1.165, 1.54) is 12.0 Å². The Balaban J connectivity index is 2.08. The van der Waals surface area contributed by atoms with Gasteiger partial charge in [-0.2, -0.15) is 0 Å². The molecule has 0 radical (unpaired) electrons. The first kappa shape index (κ1) is 9.47. The third-order valence-electron chi connectivity index (χ3n) is 2.86. The fourth-order valence-corrected chi connectivity index (χ4v) is 1.85. The molecule has 1 aliphatic rings. The van der Waals surface area contributed by atoms with Crippen LogP contribution in [0.3, 0.4) is 0 Å². The molecule has 2 atom stereocenters. The maximum absolute atomic E-state index is 3.55. The molecule has 0 bridgehead atoms. The molecule has 14 heavy (non-hydrogen) atoms. The van der Waals surface area contributed by atoms with E-state index in [-0.39, 0.29) is 0 Å². The van der Waals surface area contributed by atoms with Crippen molar-refractivity contribution in [1.29, 1.82) is 0 Å². The maximum Gasteiger partial charge on any atom is 0.0506 e. The number of nitrogens with one attached hydrogen (secondary N) is 1. The maximum atomic E-state index is 3.55. The molecule has 0 saturated carbocycles. The summed E-state index contributed by atoms with van der Waals surface area (Å²) in [6.45, 7) is 3.34. The summed E-state index contributed by atoms with van der Waals surface area (Å²) in [6, 6.07) is 11.0. The summed E-state index contributed by atoms with van der Waals surface area (Å²) in [5, 5.41) is 3.55. The lowest BCUT2D eigenvalue weighted by atomic mass is 9.97. The molecule has 74 valence electrons. The fourth-order valence-electron chi connectivity index (χ4n) is 1.85. The molecule has 0 fully saturated rings. The lowest BCUT2D eigenvalue weighted by Crippen LogP contribution is -2.29. The van der Waals surface area contributed by atoms with Gasteiger partial charge in [0.15, 0.2) is 0 Å². The summed E-state index contributed by atoms with van der Waals surface area (Å²) in [4.78, 5) is 0. The van der Waals surface area contributed by atoms with E-state index in [0.717, 1.165) is 12.5 Å². The first-order chi connectivity index (χ1) is 6.90. The average molecular weight is 187 g/mol. The SMILES string of the molecule is CCC1C=CC(c2ccccc2)NC1. The van der Waals surface area contributed by atoms with Crippen LogP contribution in [0.4, 0.5) is 0 Å². The normalized spacial score (nSPS) is 26.4. The summed E-state index contributed by atoms with van der Waals surface area (Å²) in [6.07, 6.45) is 5.85. The smallest absolute Gasteiger partial charge is 0.0506 e. The van der Waals surface area contributed by atoms with Crippen molar-refractivity contribution in [3.63, 3.8) is 0 Å². The molecule has 0 aromatic heterocycles. The van der Waals surface area contributed by atoms with Gasteiger partial charge in [-0.25, -0.2) is 0 Å². The van der Waals surface area contributed by atoms with Crippen molar-refractivity contribution in [3.05, 3.63) is 48.0 Å². The van der Waals surface area contributed by atoms with Gasteiger partial charge in [-0.1, -0.05) is 49.4 Å². The van der Waals surface area contributed by atoms with Gasteiger partial charge in [-0.05, 0) is 17.9 Å². The molecule has 1 heteroatoms. The van der Waals surface area contributed by atoms with Crippen molar-refractivity contribution in [1.82, 2.24) is 5.32 Å². The van der Waals surface area contributed by atoms with Gasteiger partial charge in [0.2, 0.25) is 0 Å². The molecule has 0 aliphatic carbocycles. The van der Waals surface area contributed by atoms with Crippen LogP contribution in [0.15, 0.2) is 42.5 Å². The molecule has 0 saturated heterocycles. The Morgan fingerprint density at radius 1 is 1.21 bits per heavy atom. The fraction of sp³-hybridized carbons (Fsp3) is 0.385. The standard InChI is InChI=1S/C13H17N/c1-2-11-8-9-13(14-10-11)12-6-4-3-5-7-12/h3-9,11,13-14H,2,10H2,1H3. The molecule has 1 aromatic carbocycles. The summed E-state index contributed by atoms with van der Waals surface area (Å²) in [5.74, 6) is 0.718. The lowest BCUT2D eigenvalue weighted by Gasteiger charge is -2.24. The number of rotatable bonds is 2. The Hall–Kier alpha value is -1.08. The molecule has 2 rings (SSSR count). The van der Waals surface area contributed by atoms with E-state index in [2.05, 4.69) is 54.7 Å². The molecule has 1 heterocycles. The number of hydrogen-bond donors (Lipinski definition) is 1. The van der Waals surface area contributed by atoms with E-state index < -0.39 is 0 Å². The third-order valence-corrected chi connectivity index (χ3v) is 2.86. The highest BCUT2D eigenvalue weighted by Crippen LogP contribution is 2.20.